The maximum atomic E-state index is 15.1. The first-order chi connectivity index (χ1) is 18.8. The summed E-state index contributed by atoms with van der Waals surface area (Å²) in [6.07, 6.45) is 0.911. The highest BCUT2D eigenvalue weighted by Gasteiger charge is 2.39. The molecule has 1 saturated heterocycles. The third-order valence-corrected chi connectivity index (χ3v) is 7.43. The maximum absolute atomic E-state index is 15.1. The average Bonchev–Trinajstić information content (AvgIpc) is 2.92. The number of nitrogens with zero attached hydrogens (tertiary/aromatic N) is 4. The minimum absolute atomic E-state index is 0.0941. The first-order valence-electron chi connectivity index (χ1n) is 12.5. The van der Waals surface area contributed by atoms with E-state index in [1.54, 1.807) is 11.0 Å². The van der Waals surface area contributed by atoms with Crippen LogP contribution in [-0.2, 0) is 4.79 Å². The molecule has 3 aromatic rings. The second kappa shape index (κ2) is 10.9. The number of hydrogen-bond acceptors (Lipinski definition) is 7. The number of methoxy groups -OCH3 is 1. The summed E-state index contributed by atoms with van der Waals surface area (Å²) in [5, 5.41) is 22.2. The van der Waals surface area contributed by atoms with Crippen molar-refractivity contribution in [3.8, 4) is 5.75 Å². The molecule has 1 N–H and O–H groups in total. The zero-order valence-electron chi connectivity index (χ0n) is 21.1. The Morgan fingerprint density at radius 2 is 1.92 bits per heavy atom. The smallest absolute Gasteiger partial charge is 0.305 e. The van der Waals surface area contributed by atoms with Gasteiger partial charge in [-0.3, -0.25) is 14.9 Å². The first kappa shape index (κ1) is 26.4. The van der Waals surface area contributed by atoms with E-state index in [0.717, 1.165) is 5.69 Å². The van der Waals surface area contributed by atoms with Crippen LogP contribution in [0.1, 0.15) is 30.9 Å². The van der Waals surface area contributed by atoms with Crippen molar-refractivity contribution in [1.29, 1.82) is 0 Å². The number of carboxylic acid groups (broad SMARTS) is 1. The van der Waals surface area contributed by atoms with Gasteiger partial charge >= 0.3 is 5.97 Å². The number of ether oxygens (including phenoxy) is 1. The lowest BCUT2D eigenvalue weighted by molar-refractivity contribution is -0.384. The molecule has 0 aliphatic carbocycles. The molecule has 39 heavy (non-hydrogen) atoms. The van der Waals surface area contributed by atoms with Crippen LogP contribution < -0.4 is 14.5 Å². The number of nitro benzene ring substituents is 1. The molecule has 11 heteroatoms. The number of rotatable bonds is 7. The van der Waals surface area contributed by atoms with Gasteiger partial charge in [-0.05, 0) is 43.2 Å². The zero-order chi connectivity index (χ0) is 27.7. The molecule has 2 aliphatic heterocycles. The number of benzene rings is 3. The fourth-order valence-electron chi connectivity index (χ4n) is 5.38. The molecule has 0 bridgehead atoms. The van der Waals surface area contributed by atoms with Crippen LogP contribution in [0.25, 0.3) is 0 Å². The number of piperidine rings is 1. The molecule has 0 spiro atoms. The Morgan fingerprint density at radius 3 is 2.59 bits per heavy atom. The highest BCUT2D eigenvalue weighted by molar-refractivity contribution is 6.30. The lowest BCUT2D eigenvalue weighted by Crippen LogP contribution is -2.46. The van der Waals surface area contributed by atoms with E-state index in [-0.39, 0.29) is 23.7 Å². The second-order valence-corrected chi connectivity index (χ2v) is 9.92. The first-order valence-corrected chi connectivity index (χ1v) is 12.9. The van der Waals surface area contributed by atoms with Gasteiger partial charge in [0.05, 0.1) is 30.2 Å². The summed E-state index contributed by atoms with van der Waals surface area (Å²) in [7, 11) is 1.44. The van der Waals surface area contributed by atoms with Gasteiger partial charge in [-0.25, -0.2) is 9.38 Å². The molecule has 9 nitrogen and oxygen atoms in total. The Kier molecular flexibility index (Phi) is 7.38. The molecular weight excluding hydrogens is 527 g/mol. The minimum Gasteiger partial charge on any atom is -0.495 e. The number of nitro groups is 1. The van der Waals surface area contributed by atoms with Gasteiger partial charge in [0.25, 0.3) is 5.69 Å². The fraction of sp³-hybridized carbons (Fsp3) is 0.286. The van der Waals surface area contributed by atoms with Crippen LogP contribution in [0.15, 0.2) is 65.7 Å². The summed E-state index contributed by atoms with van der Waals surface area (Å²) in [6.45, 7) is 1.33. The molecule has 1 unspecified atom stereocenters. The number of carbonyl (C=O) groups is 1. The summed E-state index contributed by atoms with van der Waals surface area (Å²) in [5.41, 5.74) is 1.61. The van der Waals surface area contributed by atoms with E-state index in [9.17, 15) is 20.0 Å². The molecular formula is C28H26ClFN4O5. The number of hydrogen-bond donors (Lipinski definition) is 1. The number of fused-ring (bicyclic) bond motifs is 1. The number of amidine groups is 1. The summed E-state index contributed by atoms with van der Waals surface area (Å²) in [6, 6.07) is 15.3. The van der Waals surface area contributed by atoms with Crippen molar-refractivity contribution in [1.82, 2.24) is 0 Å². The molecule has 2 heterocycles. The van der Waals surface area contributed by atoms with Gasteiger partial charge in [-0.1, -0.05) is 29.8 Å². The predicted octanol–water partition coefficient (Wildman–Crippen LogP) is 6.38. The predicted molar refractivity (Wildman–Crippen MR) is 147 cm³/mol. The summed E-state index contributed by atoms with van der Waals surface area (Å²) < 4.78 is 20.6. The molecule has 3 aromatic carbocycles. The largest absolute Gasteiger partial charge is 0.495 e. The van der Waals surface area contributed by atoms with Crippen LogP contribution in [0, 0.1) is 21.8 Å². The highest BCUT2D eigenvalue weighted by atomic mass is 35.5. The lowest BCUT2D eigenvalue weighted by atomic mass is 9.89. The third-order valence-electron chi connectivity index (χ3n) is 7.20. The maximum Gasteiger partial charge on any atom is 0.305 e. The van der Waals surface area contributed by atoms with Crippen LogP contribution in [0.4, 0.5) is 27.1 Å². The van der Waals surface area contributed by atoms with Gasteiger partial charge in [0.1, 0.15) is 23.1 Å². The number of carboxylic acids is 1. The molecule has 0 aromatic heterocycles. The van der Waals surface area contributed by atoms with Crippen LogP contribution >= 0.6 is 11.6 Å². The molecule has 2 aliphatic rings. The third kappa shape index (κ3) is 5.24. The number of aliphatic carboxylic acids is 1. The van der Waals surface area contributed by atoms with Crippen LogP contribution in [0.5, 0.6) is 5.75 Å². The van der Waals surface area contributed by atoms with E-state index in [4.69, 9.17) is 21.3 Å². The Balaban J connectivity index is 1.61. The Morgan fingerprint density at radius 1 is 1.18 bits per heavy atom. The second-order valence-electron chi connectivity index (χ2n) is 9.49. The molecule has 202 valence electrons. The molecule has 0 saturated carbocycles. The average molecular weight is 553 g/mol. The van der Waals surface area contributed by atoms with Crippen molar-refractivity contribution in [2.45, 2.75) is 25.3 Å². The number of halogens is 2. The van der Waals surface area contributed by atoms with E-state index in [2.05, 4.69) is 4.90 Å². The van der Waals surface area contributed by atoms with E-state index < -0.39 is 22.8 Å². The van der Waals surface area contributed by atoms with Gasteiger partial charge in [-0.15, -0.1) is 0 Å². The normalized spacial score (nSPS) is 17.4. The lowest BCUT2D eigenvalue weighted by Gasteiger charge is -2.43. The molecule has 1 fully saturated rings. The molecule has 1 atom stereocenters. The van der Waals surface area contributed by atoms with Crippen molar-refractivity contribution in [3.05, 3.63) is 87.2 Å². The Labute approximate surface area is 229 Å². The van der Waals surface area contributed by atoms with Gasteiger partial charge < -0.3 is 19.6 Å². The fourth-order valence-corrected chi connectivity index (χ4v) is 5.57. The van der Waals surface area contributed by atoms with Crippen LogP contribution in [0.2, 0.25) is 5.02 Å². The van der Waals surface area contributed by atoms with E-state index in [0.29, 0.717) is 53.8 Å². The van der Waals surface area contributed by atoms with E-state index in [1.807, 2.05) is 24.3 Å². The van der Waals surface area contributed by atoms with Crippen molar-refractivity contribution in [2.75, 3.05) is 30.0 Å². The van der Waals surface area contributed by atoms with Gasteiger partial charge in [0, 0.05) is 47.4 Å². The highest BCUT2D eigenvalue weighted by Crippen LogP contribution is 2.46. The Hall–Kier alpha value is -4.18. The number of anilines is 2. The van der Waals surface area contributed by atoms with Crippen LogP contribution in [0.3, 0.4) is 0 Å². The SMILES string of the molecule is COc1ccc([N+](=O)[O-])cc1N1C(C2CCN(c3cccc(Cl)c3)CC2)=Nc2c(F)cccc2C1CC(=O)O. The van der Waals surface area contributed by atoms with E-state index >= 15 is 4.39 Å². The van der Waals surface area contributed by atoms with Crippen molar-refractivity contribution >= 4 is 46.2 Å². The van der Waals surface area contributed by atoms with Gasteiger partial charge in [0.2, 0.25) is 0 Å². The zero-order valence-corrected chi connectivity index (χ0v) is 21.8. The minimum atomic E-state index is -1.10. The topological polar surface area (TPSA) is 109 Å². The van der Waals surface area contributed by atoms with E-state index in [1.165, 1.54) is 37.4 Å². The number of aliphatic imine (C=N–C) groups is 1. The summed E-state index contributed by atoms with van der Waals surface area (Å²) in [4.78, 5) is 31.9. The standard InChI is InChI=1S/C28H26ClFN4O5/c1-39-25-9-8-20(34(37)38)15-24(25)33-23(16-26(35)36)21-6-3-7-22(30)27(21)31-28(33)17-10-12-32(13-11-17)19-5-2-4-18(29)14-19/h2-9,14-15,17,23H,10-13,16H2,1H3,(H,35,36). The van der Waals surface area contributed by atoms with Crippen molar-refractivity contribution in [3.63, 3.8) is 0 Å². The molecule has 0 radical (unpaired) electrons. The van der Waals surface area contributed by atoms with Crippen molar-refractivity contribution in [2.24, 2.45) is 10.9 Å². The summed E-state index contributed by atoms with van der Waals surface area (Å²) in [5.74, 6) is -1.04. The Bertz CT molecular complexity index is 1460. The quantitative estimate of drug-likeness (QED) is 0.267. The van der Waals surface area contributed by atoms with Gasteiger partial charge in [-0.2, -0.15) is 0 Å². The monoisotopic (exact) mass is 552 g/mol. The van der Waals surface area contributed by atoms with Crippen LogP contribution in [-0.4, -0.2) is 42.0 Å². The number of para-hydroxylation sites is 1. The van der Waals surface area contributed by atoms with Gasteiger partial charge in [0.15, 0.2) is 0 Å². The summed E-state index contributed by atoms with van der Waals surface area (Å²) >= 11 is 6.19. The number of non-ortho nitro benzene ring substituents is 1. The molecule has 5 rings (SSSR count). The van der Waals surface area contributed by atoms with Crippen molar-refractivity contribution < 1.29 is 24.0 Å². The molecule has 0 amide bonds.